The predicted molar refractivity (Wildman–Crippen MR) is 87.9 cm³/mol. The minimum Gasteiger partial charge on any atom is -0.497 e. The third-order valence-corrected chi connectivity index (χ3v) is 6.18. The van der Waals surface area contributed by atoms with Gasteiger partial charge in [-0.05, 0) is 56.3 Å². The van der Waals surface area contributed by atoms with Gasteiger partial charge in [-0.3, -0.25) is 0 Å². The van der Waals surface area contributed by atoms with Gasteiger partial charge in [0.25, 0.3) is 6.64 Å². The first-order chi connectivity index (χ1) is 10.5. The zero-order chi connectivity index (χ0) is 16.2. The molecule has 0 bridgehead atoms. The number of methoxy groups -OCH3 is 1. The van der Waals surface area contributed by atoms with Gasteiger partial charge in [-0.2, -0.15) is 0 Å². The molecule has 0 N–H and O–H groups in total. The van der Waals surface area contributed by atoms with Crippen LogP contribution in [0.3, 0.4) is 0 Å². The lowest BCUT2D eigenvalue weighted by atomic mass is 10.3. The Morgan fingerprint density at radius 2 is 2.14 bits per heavy atom. The van der Waals surface area contributed by atoms with Crippen LogP contribution in [-0.2, 0) is 25.6 Å². The van der Waals surface area contributed by atoms with Gasteiger partial charge in [-0.25, -0.2) is 9.46 Å². The molecule has 0 unspecified atom stereocenters. The van der Waals surface area contributed by atoms with Crippen LogP contribution in [0.5, 0.6) is 5.75 Å². The van der Waals surface area contributed by atoms with Gasteiger partial charge in [0.1, 0.15) is 5.75 Å². The summed E-state index contributed by atoms with van der Waals surface area (Å²) in [6, 6.07) is 6.96. The fourth-order valence-electron chi connectivity index (χ4n) is 2.00. The highest BCUT2D eigenvalue weighted by Crippen LogP contribution is 2.58. The molecule has 8 heteroatoms. The lowest BCUT2D eigenvalue weighted by Crippen LogP contribution is -2.34. The SMILES string of the molecule is CCOC(=O)N(c1ccc(OC)cc1)[P@@]1(=S)OCC[C@H](C)O1. The fourth-order valence-corrected chi connectivity index (χ4v) is 4.99. The van der Waals surface area contributed by atoms with Crippen molar-refractivity contribution in [3.8, 4) is 5.75 Å². The number of hydrogen-bond donors (Lipinski definition) is 0. The van der Waals surface area contributed by atoms with Crippen molar-refractivity contribution in [1.29, 1.82) is 0 Å². The zero-order valence-electron chi connectivity index (χ0n) is 12.9. The Kier molecular flexibility index (Phi) is 5.81. The minimum atomic E-state index is -2.96. The van der Waals surface area contributed by atoms with Crippen molar-refractivity contribution in [2.75, 3.05) is 25.0 Å². The lowest BCUT2D eigenvalue weighted by molar-refractivity contribution is 0.114. The second-order valence-corrected chi connectivity index (χ2v) is 7.91. The van der Waals surface area contributed by atoms with Gasteiger partial charge in [-0.15, -0.1) is 0 Å². The van der Waals surface area contributed by atoms with Crippen molar-refractivity contribution >= 4 is 30.2 Å². The third kappa shape index (κ3) is 3.79. The second kappa shape index (κ2) is 7.42. The third-order valence-electron chi connectivity index (χ3n) is 3.09. The van der Waals surface area contributed by atoms with Crippen LogP contribution in [0, 0.1) is 0 Å². The molecule has 1 heterocycles. The normalized spacial score (nSPS) is 24.6. The molecule has 0 saturated carbocycles. The summed E-state index contributed by atoms with van der Waals surface area (Å²) in [6.45, 7) is 1.41. The maximum atomic E-state index is 12.4. The van der Waals surface area contributed by atoms with Crippen molar-refractivity contribution in [1.82, 2.24) is 0 Å². The van der Waals surface area contributed by atoms with Gasteiger partial charge in [0.2, 0.25) is 0 Å². The molecule has 0 spiro atoms. The van der Waals surface area contributed by atoms with Gasteiger partial charge >= 0.3 is 6.09 Å². The number of benzene rings is 1. The molecule has 22 heavy (non-hydrogen) atoms. The van der Waals surface area contributed by atoms with Crippen LogP contribution in [0.4, 0.5) is 10.5 Å². The van der Waals surface area contributed by atoms with Crippen LogP contribution < -0.4 is 9.41 Å². The number of amides is 1. The van der Waals surface area contributed by atoms with E-state index in [9.17, 15) is 4.79 Å². The van der Waals surface area contributed by atoms with Crippen LogP contribution in [0.2, 0.25) is 0 Å². The maximum absolute atomic E-state index is 12.4. The van der Waals surface area contributed by atoms with Gasteiger partial charge < -0.3 is 18.5 Å². The van der Waals surface area contributed by atoms with Crippen LogP contribution in [-0.4, -0.2) is 32.5 Å². The van der Waals surface area contributed by atoms with E-state index < -0.39 is 12.7 Å². The Hall–Kier alpha value is -1.14. The molecule has 1 saturated heterocycles. The Morgan fingerprint density at radius 1 is 1.45 bits per heavy atom. The molecular formula is C14H20NO5PS. The van der Waals surface area contributed by atoms with Gasteiger partial charge in [0, 0.05) is 0 Å². The molecule has 0 radical (unpaired) electrons. The van der Waals surface area contributed by atoms with E-state index in [0.29, 0.717) is 18.0 Å². The topological polar surface area (TPSA) is 57.2 Å². The number of anilines is 1. The van der Waals surface area contributed by atoms with E-state index in [1.54, 1.807) is 38.3 Å². The second-order valence-electron chi connectivity index (χ2n) is 4.72. The van der Waals surface area contributed by atoms with E-state index in [2.05, 4.69) is 0 Å². The monoisotopic (exact) mass is 345 g/mol. The molecule has 2 atom stereocenters. The van der Waals surface area contributed by atoms with Crippen LogP contribution in [0.25, 0.3) is 0 Å². The summed E-state index contributed by atoms with van der Waals surface area (Å²) in [7, 11) is 1.58. The molecule has 1 fully saturated rings. The smallest absolute Gasteiger partial charge is 0.421 e. The minimum absolute atomic E-state index is 0.0604. The zero-order valence-corrected chi connectivity index (χ0v) is 14.6. The van der Waals surface area contributed by atoms with E-state index in [0.717, 1.165) is 6.42 Å². The molecule has 2 rings (SSSR count). The number of carbonyl (C=O) groups is 1. The van der Waals surface area contributed by atoms with Gasteiger partial charge in [-0.1, -0.05) is 0 Å². The average molecular weight is 345 g/mol. The van der Waals surface area contributed by atoms with E-state index in [1.807, 2.05) is 6.92 Å². The molecule has 1 aliphatic heterocycles. The first kappa shape index (κ1) is 17.2. The van der Waals surface area contributed by atoms with Gasteiger partial charge in [0.15, 0.2) is 0 Å². The molecule has 0 aromatic heterocycles. The highest BCUT2D eigenvalue weighted by Gasteiger charge is 2.39. The van der Waals surface area contributed by atoms with Crippen LogP contribution in [0.1, 0.15) is 20.3 Å². The molecule has 0 aliphatic carbocycles. The summed E-state index contributed by atoms with van der Waals surface area (Å²) in [5, 5.41) is 0. The number of nitrogens with zero attached hydrogens (tertiary/aromatic N) is 1. The first-order valence-corrected chi connectivity index (χ1v) is 9.63. The number of ether oxygens (including phenoxy) is 2. The maximum Gasteiger partial charge on any atom is 0.421 e. The van der Waals surface area contributed by atoms with Crippen molar-refractivity contribution in [2.45, 2.75) is 26.4 Å². The van der Waals surface area contributed by atoms with E-state index in [1.165, 1.54) is 4.67 Å². The Bertz CT molecular complexity index is 565. The quantitative estimate of drug-likeness (QED) is 0.776. The molecule has 122 valence electrons. The summed E-state index contributed by atoms with van der Waals surface area (Å²) < 4.78 is 23.1. The largest absolute Gasteiger partial charge is 0.497 e. The standard InChI is InChI=1S/C14H20NO5PS/c1-4-18-14(16)15(12-5-7-13(17-3)8-6-12)21(22)19-10-9-11(2)20-21/h5-8,11H,4,9-10H2,1-3H3/t11-,21+/m0/s1. The fraction of sp³-hybridized carbons (Fsp3) is 0.500. The highest BCUT2D eigenvalue weighted by atomic mass is 32.5. The van der Waals surface area contributed by atoms with E-state index in [-0.39, 0.29) is 12.7 Å². The summed E-state index contributed by atoms with van der Waals surface area (Å²) >= 11 is 5.55. The number of hydrogen-bond acceptors (Lipinski definition) is 6. The molecule has 1 aromatic carbocycles. The number of carbonyl (C=O) groups excluding carboxylic acids is 1. The average Bonchev–Trinajstić information content (AvgIpc) is 2.48. The van der Waals surface area contributed by atoms with Crippen molar-refractivity contribution in [2.24, 2.45) is 0 Å². The van der Waals surface area contributed by atoms with Crippen LogP contribution >= 0.6 is 6.64 Å². The molecular weight excluding hydrogens is 325 g/mol. The Balaban J connectivity index is 2.37. The first-order valence-electron chi connectivity index (χ1n) is 7.04. The Labute approximate surface area is 135 Å². The number of rotatable bonds is 4. The molecule has 1 aliphatic rings. The van der Waals surface area contributed by atoms with Gasteiger partial charge in [0.05, 0.1) is 32.1 Å². The predicted octanol–water partition coefficient (Wildman–Crippen LogP) is 3.71. The van der Waals surface area contributed by atoms with Crippen LogP contribution in [0.15, 0.2) is 24.3 Å². The van der Waals surface area contributed by atoms with E-state index >= 15 is 0 Å². The molecule has 1 amide bonds. The summed E-state index contributed by atoms with van der Waals surface area (Å²) in [5.74, 6) is 0.683. The lowest BCUT2D eigenvalue weighted by Gasteiger charge is -2.37. The summed E-state index contributed by atoms with van der Waals surface area (Å²) in [4.78, 5) is 12.4. The Morgan fingerprint density at radius 3 is 2.68 bits per heavy atom. The van der Waals surface area contributed by atoms with Crippen molar-refractivity contribution in [3.63, 3.8) is 0 Å². The summed E-state index contributed by atoms with van der Waals surface area (Å²) in [6.07, 6.45) is 0.123. The van der Waals surface area contributed by atoms with E-state index in [4.69, 9.17) is 30.3 Å². The van der Waals surface area contributed by atoms with Crippen molar-refractivity contribution < 1.29 is 23.3 Å². The molecule has 1 aromatic rings. The highest BCUT2D eigenvalue weighted by molar-refractivity contribution is 8.11. The molecule has 6 nitrogen and oxygen atoms in total. The summed E-state index contributed by atoms with van der Waals surface area (Å²) in [5.41, 5.74) is 0.566. The van der Waals surface area contributed by atoms with Crippen molar-refractivity contribution in [3.05, 3.63) is 24.3 Å².